The van der Waals surface area contributed by atoms with Crippen molar-refractivity contribution in [1.82, 2.24) is 16.0 Å². The number of nitrogens with one attached hydrogen (secondary N) is 3. The van der Waals surface area contributed by atoms with Gasteiger partial charge < -0.3 is 10.6 Å². The van der Waals surface area contributed by atoms with Crippen LogP contribution in [0.3, 0.4) is 0 Å². The largest absolute Gasteiger partial charge is 0.320 e. The molecule has 1 unspecified atom stereocenters. The van der Waals surface area contributed by atoms with Crippen molar-refractivity contribution in [3.05, 3.63) is 35.9 Å². The maximum atomic E-state index is 6.21. The van der Waals surface area contributed by atoms with E-state index in [1.807, 2.05) is 25.2 Å². The summed E-state index contributed by atoms with van der Waals surface area (Å²) < 4.78 is 0. The summed E-state index contributed by atoms with van der Waals surface area (Å²) in [5.74, 6) is 0. The first-order chi connectivity index (χ1) is 8.83. The molecule has 0 amide bonds. The molecule has 0 bridgehead atoms. The van der Waals surface area contributed by atoms with E-state index in [0.29, 0.717) is 0 Å². The highest BCUT2D eigenvalue weighted by molar-refractivity contribution is 6.20. The first-order valence-electron chi connectivity index (χ1n) is 6.59. The Bertz CT molecular complexity index is 292. The Kier molecular flexibility index (Phi) is 8.86. The third-order valence-corrected chi connectivity index (χ3v) is 3.10. The van der Waals surface area contributed by atoms with Crippen molar-refractivity contribution < 1.29 is 0 Å². The average Bonchev–Trinajstić information content (AvgIpc) is 2.41. The van der Waals surface area contributed by atoms with Crippen molar-refractivity contribution in [2.24, 2.45) is 0 Å². The molecule has 0 saturated carbocycles. The van der Waals surface area contributed by atoms with Gasteiger partial charge in [-0.25, -0.2) is 0 Å². The summed E-state index contributed by atoms with van der Waals surface area (Å²) >= 11 is 6.21. The second-order valence-electron chi connectivity index (χ2n) is 4.33. The van der Waals surface area contributed by atoms with Crippen LogP contribution < -0.4 is 16.0 Å². The number of hydrogen-bond acceptors (Lipinski definition) is 3. The Morgan fingerprint density at radius 2 is 1.89 bits per heavy atom. The van der Waals surface area contributed by atoms with Crippen molar-refractivity contribution in [2.45, 2.75) is 24.9 Å². The summed E-state index contributed by atoms with van der Waals surface area (Å²) in [6.07, 6.45) is 2.09. The molecule has 18 heavy (non-hydrogen) atoms. The summed E-state index contributed by atoms with van der Waals surface area (Å²) in [5.41, 5.74) is 1.30. The van der Waals surface area contributed by atoms with E-state index in [1.165, 1.54) is 5.56 Å². The van der Waals surface area contributed by atoms with E-state index in [9.17, 15) is 0 Å². The van der Waals surface area contributed by atoms with Crippen LogP contribution in [0.5, 0.6) is 0 Å². The van der Waals surface area contributed by atoms with Crippen molar-refractivity contribution >= 4 is 11.6 Å². The highest BCUT2D eigenvalue weighted by Gasteiger charge is 2.02. The van der Waals surface area contributed by atoms with Crippen molar-refractivity contribution in [1.29, 1.82) is 0 Å². The Hall–Kier alpha value is -0.610. The van der Waals surface area contributed by atoms with Crippen molar-refractivity contribution in [2.75, 3.05) is 26.7 Å². The van der Waals surface area contributed by atoms with Crippen LogP contribution in [0.2, 0.25) is 0 Å². The fraction of sp³-hybridized carbons (Fsp3) is 0.571. The molecule has 0 fully saturated rings. The van der Waals surface area contributed by atoms with Crippen LogP contribution in [0.15, 0.2) is 30.3 Å². The summed E-state index contributed by atoms with van der Waals surface area (Å²) in [6.45, 7) is 3.89. The lowest BCUT2D eigenvalue weighted by Gasteiger charge is -2.12. The lowest BCUT2D eigenvalue weighted by atomic mass is 10.2. The Labute approximate surface area is 115 Å². The quantitative estimate of drug-likeness (QED) is 0.345. The number of benzene rings is 1. The Balaban J connectivity index is 1.99. The predicted molar refractivity (Wildman–Crippen MR) is 79.0 cm³/mol. The van der Waals surface area contributed by atoms with E-state index in [-0.39, 0.29) is 5.50 Å². The average molecular weight is 270 g/mol. The molecule has 102 valence electrons. The van der Waals surface area contributed by atoms with E-state index in [4.69, 9.17) is 11.6 Å². The molecule has 1 rings (SSSR count). The van der Waals surface area contributed by atoms with Crippen LogP contribution in [0.4, 0.5) is 0 Å². The minimum absolute atomic E-state index is 0.0296. The third-order valence-electron chi connectivity index (χ3n) is 2.73. The van der Waals surface area contributed by atoms with Gasteiger partial charge in [-0.15, -0.1) is 11.6 Å². The van der Waals surface area contributed by atoms with Crippen molar-refractivity contribution in [3.8, 4) is 0 Å². The van der Waals surface area contributed by atoms with Gasteiger partial charge >= 0.3 is 0 Å². The van der Waals surface area contributed by atoms with Crippen LogP contribution in [0.1, 0.15) is 18.4 Å². The van der Waals surface area contributed by atoms with E-state index in [1.54, 1.807) is 0 Å². The SMILES string of the molecule is CNCCCNCCC(Cl)NCc1ccccc1. The van der Waals surface area contributed by atoms with E-state index in [0.717, 1.165) is 39.0 Å². The van der Waals surface area contributed by atoms with Crippen LogP contribution in [-0.4, -0.2) is 32.2 Å². The first-order valence-corrected chi connectivity index (χ1v) is 7.03. The fourth-order valence-corrected chi connectivity index (χ4v) is 1.86. The molecule has 0 aromatic heterocycles. The zero-order chi connectivity index (χ0) is 13.1. The normalized spacial score (nSPS) is 12.6. The maximum Gasteiger partial charge on any atom is 0.0840 e. The molecule has 0 aliphatic rings. The van der Waals surface area contributed by atoms with Crippen LogP contribution >= 0.6 is 11.6 Å². The molecule has 0 aliphatic heterocycles. The van der Waals surface area contributed by atoms with Crippen LogP contribution in [-0.2, 0) is 6.54 Å². The molecule has 0 spiro atoms. The lowest BCUT2D eigenvalue weighted by molar-refractivity contribution is 0.550. The molecule has 0 saturated heterocycles. The van der Waals surface area contributed by atoms with Gasteiger partial charge in [-0.1, -0.05) is 30.3 Å². The molecule has 0 aliphatic carbocycles. The third kappa shape index (κ3) is 7.67. The van der Waals surface area contributed by atoms with E-state index >= 15 is 0 Å². The minimum atomic E-state index is 0.0296. The number of hydrogen-bond donors (Lipinski definition) is 3. The molecule has 0 radical (unpaired) electrons. The van der Waals surface area contributed by atoms with Gasteiger partial charge in [-0.3, -0.25) is 5.32 Å². The van der Waals surface area contributed by atoms with Crippen LogP contribution in [0, 0.1) is 0 Å². The smallest absolute Gasteiger partial charge is 0.0840 e. The monoisotopic (exact) mass is 269 g/mol. The minimum Gasteiger partial charge on any atom is -0.320 e. The summed E-state index contributed by atoms with van der Waals surface area (Å²) in [4.78, 5) is 0. The van der Waals surface area contributed by atoms with Crippen LogP contribution in [0.25, 0.3) is 0 Å². The van der Waals surface area contributed by atoms with Gasteiger partial charge in [0.25, 0.3) is 0 Å². The lowest BCUT2D eigenvalue weighted by Crippen LogP contribution is -2.29. The molecular formula is C14H24ClN3. The number of alkyl halides is 1. The van der Waals surface area contributed by atoms with E-state index < -0.39 is 0 Å². The first kappa shape index (κ1) is 15.4. The van der Waals surface area contributed by atoms with Gasteiger partial charge in [-0.05, 0) is 45.1 Å². The predicted octanol–water partition coefficient (Wildman–Crippen LogP) is 1.93. The second kappa shape index (κ2) is 10.3. The summed E-state index contributed by atoms with van der Waals surface area (Å²) in [7, 11) is 1.97. The van der Waals surface area contributed by atoms with Gasteiger partial charge in [0, 0.05) is 6.54 Å². The highest BCUT2D eigenvalue weighted by atomic mass is 35.5. The topological polar surface area (TPSA) is 36.1 Å². The molecule has 3 nitrogen and oxygen atoms in total. The molecule has 4 heteroatoms. The Morgan fingerprint density at radius 1 is 1.11 bits per heavy atom. The van der Waals surface area contributed by atoms with Gasteiger partial charge in [0.15, 0.2) is 0 Å². The fourth-order valence-electron chi connectivity index (χ4n) is 1.67. The van der Waals surface area contributed by atoms with Gasteiger partial charge in [0.1, 0.15) is 0 Å². The molecular weight excluding hydrogens is 246 g/mol. The molecule has 1 aromatic carbocycles. The molecule has 3 N–H and O–H groups in total. The number of halogens is 1. The summed E-state index contributed by atoms with van der Waals surface area (Å²) in [5, 5.41) is 9.83. The van der Waals surface area contributed by atoms with Crippen molar-refractivity contribution in [3.63, 3.8) is 0 Å². The maximum absolute atomic E-state index is 6.21. The highest BCUT2D eigenvalue weighted by Crippen LogP contribution is 2.02. The van der Waals surface area contributed by atoms with E-state index in [2.05, 4.69) is 28.1 Å². The zero-order valence-corrected chi connectivity index (χ0v) is 11.8. The number of rotatable bonds is 10. The second-order valence-corrected chi connectivity index (χ2v) is 4.86. The zero-order valence-electron chi connectivity index (χ0n) is 11.1. The summed E-state index contributed by atoms with van der Waals surface area (Å²) in [6, 6.07) is 10.3. The Morgan fingerprint density at radius 3 is 2.61 bits per heavy atom. The van der Waals surface area contributed by atoms with Gasteiger partial charge in [-0.2, -0.15) is 0 Å². The molecule has 1 atom stereocenters. The molecule has 0 heterocycles. The standard InChI is InChI=1S/C14H24ClN3/c1-16-9-5-10-17-11-8-14(15)18-12-13-6-3-2-4-7-13/h2-4,6-7,14,16-18H,5,8-12H2,1H3. The van der Waals surface area contributed by atoms with Gasteiger partial charge in [0.2, 0.25) is 0 Å². The van der Waals surface area contributed by atoms with Gasteiger partial charge in [0.05, 0.1) is 5.50 Å². The molecule has 1 aromatic rings.